The zero-order valence-corrected chi connectivity index (χ0v) is 7.96. The van der Waals surface area contributed by atoms with Gasteiger partial charge in [0.25, 0.3) is 0 Å². The highest BCUT2D eigenvalue weighted by molar-refractivity contribution is 5.80. The zero-order valence-electron chi connectivity index (χ0n) is 7.96. The highest BCUT2D eigenvalue weighted by atomic mass is 16.6. The van der Waals surface area contributed by atoms with Crippen molar-refractivity contribution in [1.82, 2.24) is 5.32 Å². The Morgan fingerprint density at radius 1 is 1.46 bits per heavy atom. The van der Waals surface area contributed by atoms with E-state index in [1.807, 2.05) is 0 Å². The molecule has 0 saturated carbocycles. The SMILES string of the molecule is [CH2]C(NC(=O)OC(C)(C)C)C(=O)O. The van der Waals surface area contributed by atoms with Gasteiger partial charge >= 0.3 is 12.1 Å². The van der Waals surface area contributed by atoms with E-state index in [0.717, 1.165) is 0 Å². The molecule has 0 aromatic rings. The largest absolute Gasteiger partial charge is 0.480 e. The van der Waals surface area contributed by atoms with Gasteiger partial charge in [-0.15, -0.1) is 0 Å². The van der Waals surface area contributed by atoms with Crippen molar-refractivity contribution in [2.45, 2.75) is 32.4 Å². The molecule has 0 aliphatic carbocycles. The molecule has 0 bridgehead atoms. The number of carbonyl (C=O) groups is 2. The molecule has 0 saturated heterocycles. The van der Waals surface area contributed by atoms with E-state index >= 15 is 0 Å². The van der Waals surface area contributed by atoms with Crippen LogP contribution in [0.5, 0.6) is 0 Å². The summed E-state index contributed by atoms with van der Waals surface area (Å²) < 4.78 is 4.81. The van der Waals surface area contributed by atoms with Crippen molar-refractivity contribution in [3.63, 3.8) is 0 Å². The molecule has 1 unspecified atom stereocenters. The lowest BCUT2D eigenvalue weighted by atomic mass is 10.2. The fraction of sp³-hybridized carbons (Fsp3) is 0.625. The van der Waals surface area contributed by atoms with Gasteiger partial charge in [0.05, 0.1) is 0 Å². The Morgan fingerprint density at radius 3 is 2.23 bits per heavy atom. The van der Waals surface area contributed by atoms with Crippen molar-refractivity contribution < 1.29 is 19.4 Å². The molecule has 0 aromatic carbocycles. The van der Waals surface area contributed by atoms with E-state index in [1.165, 1.54) is 0 Å². The molecule has 0 heterocycles. The Hall–Kier alpha value is -1.26. The van der Waals surface area contributed by atoms with E-state index in [1.54, 1.807) is 20.8 Å². The zero-order chi connectivity index (χ0) is 10.6. The molecular weight excluding hydrogens is 174 g/mol. The predicted octanol–water partition coefficient (Wildman–Crippen LogP) is 0.798. The first kappa shape index (κ1) is 11.7. The van der Waals surface area contributed by atoms with E-state index in [0.29, 0.717) is 0 Å². The second kappa shape index (κ2) is 4.11. The Balaban J connectivity index is 3.96. The van der Waals surface area contributed by atoms with Crippen molar-refractivity contribution in [2.75, 3.05) is 0 Å². The van der Waals surface area contributed by atoms with Crippen LogP contribution in [0.1, 0.15) is 20.8 Å². The molecule has 1 radical (unpaired) electrons. The molecule has 5 nitrogen and oxygen atoms in total. The summed E-state index contributed by atoms with van der Waals surface area (Å²) in [6.45, 7) is 8.25. The first-order valence-corrected chi connectivity index (χ1v) is 3.78. The first-order valence-electron chi connectivity index (χ1n) is 3.78. The quantitative estimate of drug-likeness (QED) is 0.672. The average molecular weight is 188 g/mol. The lowest BCUT2D eigenvalue weighted by Gasteiger charge is -2.20. The minimum Gasteiger partial charge on any atom is -0.480 e. The Kier molecular flexibility index (Phi) is 3.71. The summed E-state index contributed by atoms with van der Waals surface area (Å²) in [6, 6.07) is -1.19. The lowest BCUT2D eigenvalue weighted by Crippen LogP contribution is -2.41. The second-order valence-corrected chi connectivity index (χ2v) is 3.54. The van der Waals surface area contributed by atoms with Crippen LogP contribution in [0.2, 0.25) is 0 Å². The van der Waals surface area contributed by atoms with Crippen LogP contribution in [-0.4, -0.2) is 28.8 Å². The topological polar surface area (TPSA) is 75.6 Å². The number of carboxylic acids is 1. The van der Waals surface area contributed by atoms with E-state index in [2.05, 4.69) is 12.2 Å². The average Bonchev–Trinajstić information content (AvgIpc) is 1.81. The maximum Gasteiger partial charge on any atom is 0.408 e. The van der Waals surface area contributed by atoms with Crippen molar-refractivity contribution in [3.8, 4) is 0 Å². The van der Waals surface area contributed by atoms with E-state index in [4.69, 9.17) is 9.84 Å². The lowest BCUT2D eigenvalue weighted by molar-refractivity contribution is -0.138. The standard InChI is InChI=1S/C8H14NO4/c1-5(6(10)11)9-7(12)13-8(2,3)4/h5H,1H2,2-4H3,(H,9,12)(H,10,11). The van der Waals surface area contributed by atoms with Gasteiger partial charge < -0.3 is 15.2 Å². The molecule has 75 valence electrons. The number of nitrogens with one attached hydrogen (secondary N) is 1. The number of carbonyl (C=O) groups excluding carboxylic acids is 1. The minimum atomic E-state index is -1.20. The summed E-state index contributed by atoms with van der Waals surface area (Å²) in [5.41, 5.74) is -0.637. The van der Waals surface area contributed by atoms with Crippen LogP contribution < -0.4 is 5.32 Å². The first-order chi connectivity index (χ1) is 5.72. The maximum absolute atomic E-state index is 10.9. The van der Waals surface area contributed by atoms with Crippen molar-refractivity contribution in [2.24, 2.45) is 0 Å². The molecule has 0 spiro atoms. The molecule has 0 rings (SSSR count). The minimum absolute atomic E-state index is 0.637. The summed E-state index contributed by atoms with van der Waals surface area (Å²) in [6.07, 6.45) is -0.783. The monoisotopic (exact) mass is 188 g/mol. The highest BCUT2D eigenvalue weighted by Gasteiger charge is 2.20. The molecule has 0 fully saturated rings. The van der Waals surface area contributed by atoms with Gasteiger partial charge in [-0.2, -0.15) is 0 Å². The Morgan fingerprint density at radius 2 is 1.92 bits per heavy atom. The van der Waals surface area contributed by atoms with Crippen LogP contribution in [-0.2, 0) is 9.53 Å². The third-order valence-electron chi connectivity index (χ3n) is 0.989. The number of amides is 1. The number of alkyl carbamates (subject to hydrolysis) is 1. The van der Waals surface area contributed by atoms with Gasteiger partial charge in [0.1, 0.15) is 11.6 Å². The number of hydrogen-bond acceptors (Lipinski definition) is 3. The molecule has 5 heteroatoms. The normalized spacial score (nSPS) is 13.2. The Labute approximate surface area is 77.1 Å². The molecule has 0 aliphatic heterocycles. The van der Waals surface area contributed by atoms with Gasteiger partial charge in [-0.05, 0) is 27.7 Å². The van der Waals surface area contributed by atoms with Crippen LogP contribution >= 0.6 is 0 Å². The molecule has 0 aromatic heterocycles. The molecular formula is C8H14NO4. The molecule has 2 N–H and O–H groups in total. The van der Waals surface area contributed by atoms with Gasteiger partial charge in [-0.25, -0.2) is 9.59 Å². The predicted molar refractivity (Wildman–Crippen MR) is 46.2 cm³/mol. The van der Waals surface area contributed by atoms with Crippen molar-refractivity contribution in [1.29, 1.82) is 0 Å². The number of hydrogen-bond donors (Lipinski definition) is 2. The van der Waals surface area contributed by atoms with Gasteiger partial charge in [0.2, 0.25) is 0 Å². The van der Waals surface area contributed by atoms with E-state index in [-0.39, 0.29) is 0 Å². The highest BCUT2D eigenvalue weighted by Crippen LogP contribution is 2.06. The fourth-order valence-electron chi connectivity index (χ4n) is 0.512. The summed E-state index contributed by atoms with van der Waals surface area (Å²) >= 11 is 0. The molecule has 0 aliphatic rings. The number of carboxylic acid groups (broad SMARTS) is 1. The number of ether oxygens (including phenoxy) is 1. The molecule has 1 amide bonds. The van der Waals surface area contributed by atoms with Crippen LogP contribution in [0.15, 0.2) is 0 Å². The second-order valence-electron chi connectivity index (χ2n) is 3.54. The van der Waals surface area contributed by atoms with Crippen LogP contribution in [0.25, 0.3) is 0 Å². The van der Waals surface area contributed by atoms with E-state index < -0.39 is 23.7 Å². The summed E-state index contributed by atoms with van der Waals surface area (Å²) in [4.78, 5) is 21.2. The van der Waals surface area contributed by atoms with Crippen LogP contribution in [0.4, 0.5) is 4.79 Å². The third kappa shape index (κ3) is 5.95. The summed E-state index contributed by atoms with van der Waals surface area (Å²) in [5, 5.41) is 10.5. The van der Waals surface area contributed by atoms with Gasteiger partial charge in [0.15, 0.2) is 0 Å². The fourth-order valence-corrected chi connectivity index (χ4v) is 0.512. The van der Waals surface area contributed by atoms with Gasteiger partial charge in [0, 0.05) is 0 Å². The third-order valence-corrected chi connectivity index (χ3v) is 0.989. The van der Waals surface area contributed by atoms with Crippen molar-refractivity contribution >= 4 is 12.1 Å². The van der Waals surface area contributed by atoms with Crippen LogP contribution in [0.3, 0.4) is 0 Å². The number of aliphatic carboxylic acids is 1. The van der Waals surface area contributed by atoms with E-state index in [9.17, 15) is 9.59 Å². The van der Waals surface area contributed by atoms with Crippen molar-refractivity contribution in [3.05, 3.63) is 6.92 Å². The maximum atomic E-state index is 10.9. The summed E-state index contributed by atoms with van der Waals surface area (Å²) in [5.74, 6) is -1.20. The molecule has 13 heavy (non-hydrogen) atoms. The smallest absolute Gasteiger partial charge is 0.408 e. The van der Waals surface area contributed by atoms with Gasteiger partial charge in [-0.3, -0.25) is 0 Å². The van der Waals surface area contributed by atoms with Gasteiger partial charge in [-0.1, -0.05) is 0 Å². The summed E-state index contributed by atoms with van der Waals surface area (Å²) in [7, 11) is 0. The van der Waals surface area contributed by atoms with Crippen LogP contribution in [0, 0.1) is 6.92 Å². The Bertz CT molecular complexity index is 207. The number of rotatable bonds is 2. The molecule has 1 atom stereocenters.